The van der Waals surface area contributed by atoms with Crippen molar-refractivity contribution >= 4 is 27.5 Å². The monoisotopic (exact) mass is 396 g/mol. The van der Waals surface area contributed by atoms with Gasteiger partial charge in [0.1, 0.15) is 0 Å². The zero-order chi connectivity index (χ0) is 18.3. The average Bonchev–Trinajstić information content (AvgIpc) is 3.09. The minimum atomic E-state index is -3.56. The third-order valence-corrected chi connectivity index (χ3v) is 7.99. The van der Waals surface area contributed by atoms with Gasteiger partial charge in [0.25, 0.3) is 5.91 Å². The van der Waals surface area contributed by atoms with E-state index in [2.05, 4.69) is 0 Å². The largest absolute Gasteiger partial charge is 0.333 e. The summed E-state index contributed by atoms with van der Waals surface area (Å²) in [5, 5.41) is 0.332. The van der Waals surface area contributed by atoms with Gasteiger partial charge in [-0.25, -0.2) is 8.42 Å². The third-order valence-electron chi connectivity index (χ3n) is 5.76. The van der Waals surface area contributed by atoms with Crippen LogP contribution in [0.15, 0.2) is 23.1 Å². The maximum atomic E-state index is 13.3. The Morgan fingerprint density at radius 3 is 2.23 bits per heavy atom. The molecule has 142 valence electrons. The number of hydrogen-bond acceptors (Lipinski definition) is 3. The molecule has 0 bridgehead atoms. The molecule has 1 heterocycles. The first kappa shape index (κ1) is 18.3. The lowest BCUT2D eigenvalue weighted by Gasteiger charge is -2.29. The first-order chi connectivity index (χ1) is 12.5. The van der Waals surface area contributed by atoms with Crippen molar-refractivity contribution in [2.45, 2.75) is 68.3 Å². The van der Waals surface area contributed by atoms with Crippen molar-refractivity contribution in [3.05, 3.63) is 28.8 Å². The van der Waals surface area contributed by atoms with Gasteiger partial charge < -0.3 is 4.90 Å². The second-order valence-corrected chi connectivity index (χ2v) is 9.98. The Labute approximate surface area is 160 Å². The predicted octanol–water partition coefficient (Wildman–Crippen LogP) is 3.67. The first-order valence-corrected chi connectivity index (χ1v) is 11.4. The number of rotatable bonds is 5. The molecule has 26 heavy (non-hydrogen) atoms. The zero-order valence-corrected chi connectivity index (χ0v) is 16.4. The van der Waals surface area contributed by atoms with Crippen LogP contribution in [0, 0.1) is 0 Å². The minimum absolute atomic E-state index is 0.108. The van der Waals surface area contributed by atoms with Gasteiger partial charge in [0.05, 0.1) is 15.5 Å². The summed E-state index contributed by atoms with van der Waals surface area (Å²) in [6.45, 7) is 1.09. The van der Waals surface area contributed by atoms with Gasteiger partial charge in [0, 0.05) is 25.2 Å². The standard InChI is InChI=1S/C19H25ClN2O3S/c20-18-10-9-16(26(24,25)21-11-3-4-12-21)13-17(18)19(23)22(15-7-8-15)14-5-1-2-6-14/h9-10,13-15H,1-8,11-12H2. The molecule has 2 saturated carbocycles. The highest BCUT2D eigenvalue weighted by Crippen LogP contribution is 2.37. The fraction of sp³-hybridized carbons (Fsp3) is 0.632. The summed E-state index contributed by atoms with van der Waals surface area (Å²) in [6.07, 6.45) is 8.20. The second kappa shape index (κ2) is 7.13. The molecule has 0 spiro atoms. The molecule has 2 aliphatic carbocycles. The molecule has 7 heteroatoms. The van der Waals surface area contributed by atoms with E-state index in [1.165, 1.54) is 16.4 Å². The molecule has 1 aliphatic heterocycles. The number of halogens is 1. The summed E-state index contributed by atoms with van der Waals surface area (Å²) in [7, 11) is -3.56. The molecule has 3 aliphatic rings. The molecule has 0 aromatic heterocycles. The van der Waals surface area contributed by atoms with Crippen molar-refractivity contribution in [2.24, 2.45) is 0 Å². The first-order valence-electron chi connectivity index (χ1n) is 9.61. The maximum absolute atomic E-state index is 13.3. The van der Waals surface area contributed by atoms with Gasteiger partial charge in [0.2, 0.25) is 10.0 Å². The lowest BCUT2D eigenvalue weighted by atomic mass is 10.1. The predicted molar refractivity (Wildman–Crippen MR) is 101 cm³/mol. The third kappa shape index (κ3) is 3.39. The number of benzene rings is 1. The van der Waals surface area contributed by atoms with Gasteiger partial charge in [-0.15, -0.1) is 0 Å². The molecule has 0 N–H and O–H groups in total. The Hall–Kier alpha value is -1.11. The molecule has 0 radical (unpaired) electrons. The summed E-state index contributed by atoms with van der Waals surface area (Å²) in [4.78, 5) is 15.4. The summed E-state index contributed by atoms with van der Waals surface area (Å²) in [5.74, 6) is -0.108. The van der Waals surface area contributed by atoms with Crippen molar-refractivity contribution < 1.29 is 13.2 Å². The Morgan fingerprint density at radius 2 is 1.62 bits per heavy atom. The quantitative estimate of drug-likeness (QED) is 0.762. The van der Waals surface area contributed by atoms with Crippen LogP contribution in [0.25, 0.3) is 0 Å². The summed E-state index contributed by atoms with van der Waals surface area (Å²) >= 11 is 6.32. The molecule has 1 aromatic carbocycles. The Balaban J connectivity index is 1.66. The van der Waals surface area contributed by atoms with Gasteiger partial charge in [-0.3, -0.25) is 4.79 Å². The summed E-state index contributed by atoms with van der Waals surface area (Å²) in [6, 6.07) is 5.12. The van der Waals surface area contributed by atoms with Crippen LogP contribution in [0.1, 0.15) is 61.7 Å². The fourth-order valence-electron chi connectivity index (χ4n) is 4.21. The molecular weight excluding hydrogens is 372 g/mol. The van der Waals surface area contributed by atoms with Crippen LogP contribution in [0.2, 0.25) is 5.02 Å². The lowest BCUT2D eigenvalue weighted by molar-refractivity contribution is 0.0664. The second-order valence-electron chi connectivity index (χ2n) is 7.63. The van der Waals surface area contributed by atoms with E-state index >= 15 is 0 Å². The van der Waals surface area contributed by atoms with Crippen LogP contribution in [-0.2, 0) is 10.0 Å². The molecule has 1 saturated heterocycles. The molecule has 1 aromatic rings. The van der Waals surface area contributed by atoms with Crippen LogP contribution in [0.5, 0.6) is 0 Å². The van der Waals surface area contributed by atoms with Crippen molar-refractivity contribution in [3.63, 3.8) is 0 Å². The lowest BCUT2D eigenvalue weighted by Crippen LogP contribution is -2.40. The molecule has 1 amide bonds. The van der Waals surface area contributed by atoms with Crippen molar-refractivity contribution in [2.75, 3.05) is 13.1 Å². The smallest absolute Gasteiger partial charge is 0.255 e. The topological polar surface area (TPSA) is 57.7 Å². The van der Waals surface area contributed by atoms with Crippen LogP contribution >= 0.6 is 11.6 Å². The number of carbonyl (C=O) groups is 1. The highest BCUT2D eigenvalue weighted by atomic mass is 35.5. The highest BCUT2D eigenvalue weighted by Gasteiger charge is 2.39. The number of nitrogens with zero attached hydrogens (tertiary/aromatic N) is 2. The van der Waals surface area contributed by atoms with Crippen molar-refractivity contribution in [3.8, 4) is 0 Å². The summed E-state index contributed by atoms with van der Waals surface area (Å²) in [5.41, 5.74) is 0.325. The number of amides is 1. The van der Waals surface area contributed by atoms with E-state index in [4.69, 9.17) is 11.6 Å². The molecular formula is C19H25ClN2O3S. The molecule has 0 atom stereocenters. The van der Waals surface area contributed by atoms with E-state index in [-0.39, 0.29) is 16.8 Å². The van der Waals surface area contributed by atoms with E-state index in [0.717, 1.165) is 51.4 Å². The Kier molecular flexibility index (Phi) is 5.01. The zero-order valence-electron chi connectivity index (χ0n) is 14.9. The van der Waals surface area contributed by atoms with Gasteiger partial charge in [-0.1, -0.05) is 24.4 Å². The molecule has 4 rings (SSSR count). The van der Waals surface area contributed by atoms with Crippen LogP contribution < -0.4 is 0 Å². The van der Waals surface area contributed by atoms with Gasteiger partial charge >= 0.3 is 0 Å². The highest BCUT2D eigenvalue weighted by molar-refractivity contribution is 7.89. The van der Waals surface area contributed by atoms with Crippen molar-refractivity contribution in [1.29, 1.82) is 0 Å². The van der Waals surface area contributed by atoms with E-state index < -0.39 is 10.0 Å². The van der Waals surface area contributed by atoms with Gasteiger partial charge in [0.15, 0.2) is 0 Å². The van der Waals surface area contributed by atoms with Crippen LogP contribution in [0.3, 0.4) is 0 Å². The Morgan fingerprint density at radius 1 is 1.00 bits per heavy atom. The number of hydrogen-bond donors (Lipinski definition) is 0. The molecule has 3 fully saturated rings. The van der Waals surface area contributed by atoms with Crippen molar-refractivity contribution in [1.82, 2.24) is 9.21 Å². The average molecular weight is 397 g/mol. The van der Waals surface area contributed by atoms with Crippen LogP contribution in [0.4, 0.5) is 0 Å². The van der Waals surface area contributed by atoms with Gasteiger partial charge in [-0.2, -0.15) is 4.31 Å². The van der Waals surface area contributed by atoms with Gasteiger partial charge in [-0.05, 0) is 56.7 Å². The van der Waals surface area contributed by atoms with E-state index in [1.54, 1.807) is 6.07 Å². The Bertz CT molecular complexity index is 795. The number of sulfonamides is 1. The minimum Gasteiger partial charge on any atom is -0.333 e. The van der Waals surface area contributed by atoms with E-state index in [9.17, 15) is 13.2 Å². The SMILES string of the molecule is O=C(c1cc(S(=O)(=O)N2CCCC2)ccc1Cl)N(C1CCCC1)C1CC1. The molecule has 0 unspecified atom stereocenters. The molecule has 5 nitrogen and oxygen atoms in total. The normalized spacial score (nSPS) is 22.0. The van der Waals surface area contributed by atoms with E-state index in [1.807, 2.05) is 4.90 Å². The fourth-order valence-corrected chi connectivity index (χ4v) is 5.95. The van der Waals surface area contributed by atoms with E-state index in [0.29, 0.717) is 29.7 Å². The van der Waals surface area contributed by atoms with Crippen LogP contribution in [-0.4, -0.2) is 48.7 Å². The maximum Gasteiger partial charge on any atom is 0.255 e. The summed E-state index contributed by atoms with van der Waals surface area (Å²) < 4.78 is 27.2. The number of carbonyl (C=O) groups excluding carboxylic acids is 1.